The number of aromatic amines is 1. The summed E-state index contributed by atoms with van der Waals surface area (Å²) in [7, 11) is 1.79. The Labute approximate surface area is 126 Å². The van der Waals surface area contributed by atoms with Gasteiger partial charge in [-0.2, -0.15) is 5.10 Å². The maximum atomic E-state index is 14.2. The lowest BCUT2D eigenvalue weighted by Gasteiger charge is -2.04. The lowest BCUT2D eigenvalue weighted by atomic mass is 10.1. The Balaban J connectivity index is 2.18. The molecule has 2 aromatic heterocycles. The summed E-state index contributed by atoms with van der Waals surface area (Å²) in [5, 5.41) is 4.09. The Kier molecular flexibility index (Phi) is 3.29. The second kappa shape index (κ2) is 5.14. The van der Waals surface area contributed by atoms with Crippen LogP contribution in [0, 0.1) is 12.7 Å². The molecular formula is C16H15FN4O. The lowest BCUT2D eigenvalue weighted by molar-refractivity contribution is 0.100. The van der Waals surface area contributed by atoms with Gasteiger partial charge in [-0.3, -0.25) is 9.48 Å². The molecule has 22 heavy (non-hydrogen) atoms. The molecule has 112 valence electrons. The number of aromatic nitrogens is 3. The van der Waals surface area contributed by atoms with Crippen LogP contribution in [0.1, 0.15) is 15.9 Å². The van der Waals surface area contributed by atoms with Gasteiger partial charge in [-0.1, -0.05) is 6.07 Å². The van der Waals surface area contributed by atoms with Crippen LogP contribution in [-0.4, -0.2) is 20.7 Å². The van der Waals surface area contributed by atoms with Gasteiger partial charge in [0.05, 0.1) is 17.5 Å². The predicted octanol–water partition coefficient (Wildman–Crippen LogP) is 2.63. The van der Waals surface area contributed by atoms with Crippen LogP contribution in [0.3, 0.4) is 0 Å². The first-order valence-electron chi connectivity index (χ1n) is 6.74. The van der Waals surface area contributed by atoms with Crippen LogP contribution in [0.5, 0.6) is 0 Å². The summed E-state index contributed by atoms with van der Waals surface area (Å²) < 4.78 is 15.9. The highest BCUT2D eigenvalue weighted by atomic mass is 19.1. The van der Waals surface area contributed by atoms with Crippen molar-refractivity contribution in [3.63, 3.8) is 0 Å². The average Bonchev–Trinajstić information content (AvgIpc) is 3.05. The number of nitrogens with zero attached hydrogens (tertiary/aromatic N) is 2. The van der Waals surface area contributed by atoms with Crippen LogP contribution >= 0.6 is 0 Å². The number of rotatable bonds is 3. The van der Waals surface area contributed by atoms with Crippen molar-refractivity contribution < 1.29 is 9.18 Å². The third-order valence-electron chi connectivity index (χ3n) is 3.49. The third-order valence-corrected chi connectivity index (χ3v) is 3.49. The topological polar surface area (TPSA) is 76.7 Å². The van der Waals surface area contributed by atoms with Crippen molar-refractivity contribution in [1.82, 2.24) is 14.8 Å². The van der Waals surface area contributed by atoms with Gasteiger partial charge in [0.1, 0.15) is 5.82 Å². The normalized spacial score (nSPS) is 10.9. The second-order valence-corrected chi connectivity index (χ2v) is 5.22. The molecule has 0 saturated heterocycles. The van der Waals surface area contributed by atoms with Gasteiger partial charge in [0.15, 0.2) is 0 Å². The number of nitrogens with one attached hydrogen (secondary N) is 1. The maximum Gasteiger partial charge on any atom is 0.250 e. The van der Waals surface area contributed by atoms with Crippen LogP contribution < -0.4 is 5.73 Å². The largest absolute Gasteiger partial charge is 0.366 e. The van der Waals surface area contributed by atoms with E-state index in [0.717, 1.165) is 11.1 Å². The van der Waals surface area contributed by atoms with E-state index in [2.05, 4.69) is 10.1 Å². The molecule has 3 rings (SSSR count). The summed E-state index contributed by atoms with van der Waals surface area (Å²) in [6.45, 7) is 1.80. The molecule has 0 fully saturated rings. The first-order valence-corrected chi connectivity index (χ1v) is 6.74. The quantitative estimate of drug-likeness (QED) is 0.779. The average molecular weight is 298 g/mol. The minimum Gasteiger partial charge on any atom is -0.366 e. The van der Waals surface area contributed by atoms with E-state index in [1.165, 1.54) is 6.07 Å². The van der Waals surface area contributed by atoms with E-state index in [0.29, 0.717) is 17.0 Å². The number of carbonyl (C=O) groups is 1. The van der Waals surface area contributed by atoms with E-state index in [1.807, 2.05) is 0 Å². The molecule has 0 bridgehead atoms. The van der Waals surface area contributed by atoms with Crippen molar-refractivity contribution >= 4 is 5.91 Å². The second-order valence-electron chi connectivity index (χ2n) is 5.22. The van der Waals surface area contributed by atoms with Crippen molar-refractivity contribution in [1.29, 1.82) is 0 Å². The summed E-state index contributed by atoms with van der Waals surface area (Å²) in [4.78, 5) is 14.8. The Morgan fingerprint density at radius 3 is 2.73 bits per heavy atom. The number of primary amides is 1. The van der Waals surface area contributed by atoms with Crippen LogP contribution in [0.15, 0.2) is 36.7 Å². The standard InChI is InChI=1S/C16H15FN4O/c1-9-3-4-11(13(17)5-9)15-12(16(18)22)6-14(20-15)10-7-19-21(2)8-10/h3-8,20H,1-2H3,(H2,18,22). The summed E-state index contributed by atoms with van der Waals surface area (Å²) >= 11 is 0. The van der Waals surface area contributed by atoms with Gasteiger partial charge in [-0.25, -0.2) is 4.39 Å². The smallest absolute Gasteiger partial charge is 0.250 e. The molecule has 0 aliphatic carbocycles. The van der Waals surface area contributed by atoms with Gasteiger partial charge < -0.3 is 10.7 Å². The van der Waals surface area contributed by atoms with Crippen molar-refractivity contribution in [3.8, 4) is 22.5 Å². The zero-order valence-corrected chi connectivity index (χ0v) is 12.2. The molecule has 5 nitrogen and oxygen atoms in total. The molecule has 1 amide bonds. The number of hydrogen-bond acceptors (Lipinski definition) is 2. The third kappa shape index (κ3) is 2.39. The highest BCUT2D eigenvalue weighted by molar-refractivity contribution is 6.00. The molecule has 0 saturated carbocycles. The number of H-pyrrole nitrogens is 1. The lowest BCUT2D eigenvalue weighted by Crippen LogP contribution is -2.11. The van der Waals surface area contributed by atoms with E-state index in [1.54, 1.807) is 49.2 Å². The van der Waals surface area contributed by atoms with E-state index >= 15 is 0 Å². The summed E-state index contributed by atoms with van der Waals surface area (Å²) in [5.41, 5.74) is 8.64. The number of aryl methyl sites for hydroxylation is 2. The zero-order valence-electron chi connectivity index (χ0n) is 12.2. The molecule has 1 aromatic carbocycles. The van der Waals surface area contributed by atoms with Crippen LogP contribution in [0.25, 0.3) is 22.5 Å². The van der Waals surface area contributed by atoms with E-state index in [4.69, 9.17) is 5.73 Å². The number of benzene rings is 1. The number of halogens is 1. The van der Waals surface area contributed by atoms with Crippen LogP contribution in [0.4, 0.5) is 4.39 Å². The Morgan fingerprint density at radius 1 is 1.36 bits per heavy atom. The fourth-order valence-electron chi connectivity index (χ4n) is 2.40. The van der Waals surface area contributed by atoms with Gasteiger partial charge in [-0.15, -0.1) is 0 Å². The molecule has 2 heterocycles. The number of nitrogens with two attached hydrogens (primary N) is 1. The minimum absolute atomic E-state index is 0.251. The van der Waals surface area contributed by atoms with Gasteiger partial charge in [0.25, 0.3) is 5.91 Å². The van der Waals surface area contributed by atoms with Gasteiger partial charge >= 0.3 is 0 Å². The minimum atomic E-state index is -0.610. The number of hydrogen-bond donors (Lipinski definition) is 2. The van der Waals surface area contributed by atoms with Crippen LogP contribution in [0.2, 0.25) is 0 Å². The SMILES string of the molecule is Cc1ccc(-c2[nH]c(-c3cnn(C)c3)cc2C(N)=O)c(F)c1. The first kappa shape index (κ1) is 14.1. The molecule has 0 aliphatic rings. The molecule has 6 heteroatoms. The summed E-state index contributed by atoms with van der Waals surface area (Å²) in [6.07, 6.45) is 3.46. The Bertz CT molecular complexity index is 863. The Morgan fingerprint density at radius 2 is 2.14 bits per heavy atom. The monoisotopic (exact) mass is 298 g/mol. The van der Waals surface area contributed by atoms with Gasteiger partial charge in [0.2, 0.25) is 0 Å². The molecule has 0 radical (unpaired) electrons. The van der Waals surface area contributed by atoms with Crippen LogP contribution in [-0.2, 0) is 7.05 Å². The maximum absolute atomic E-state index is 14.2. The number of carbonyl (C=O) groups excluding carboxylic acids is 1. The molecule has 3 aromatic rings. The molecule has 0 unspecified atom stereocenters. The highest BCUT2D eigenvalue weighted by Crippen LogP contribution is 2.30. The van der Waals surface area contributed by atoms with E-state index in [-0.39, 0.29) is 5.56 Å². The number of amides is 1. The summed E-state index contributed by atoms with van der Waals surface area (Å²) in [5.74, 6) is -1.01. The molecule has 0 aliphatic heterocycles. The van der Waals surface area contributed by atoms with E-state index in [9.17, 15) is 9.18 Å². The molecule has 3 N–H and O–H groups in total. The zero-order chi connectivity index (χ0) is 15.9. The van der Waals surface area contributed by atoms with Crippen molar-refractivity contribution in [2.45, 2.75) is 6.92 Å². The highest BCUT2D eigenvalue weighted by Gasteiger charge is 2.18. The Hall–Kier alpha value is -2.89. The van der Waals surface area contributed by atoms with Crippen molar-refractivity contribution in [3.05, 3.63) is 53.6 Å². The predicted molar refractivity (Wildman–Crippen MR) is 81.6 cm³/mol. The van der Waals surface area contributed by atoms with Gasteiger partial charge in [-0.05, 0) is 30.7 Å². The fraction of sp³-hybridized carbons (Fsp3) is 0.125. The molecule has 0 atom stereocenters. The fourth-order valence-corrected chi connectivity index (χ4v) is 2.40. The van der Waals surface area contributed by atoms with Crippen molar-refractivity contribution in [2.24, 2.45) is 12.8 Å². The van der Waals surface area contributed by atoms with Gasteiger partial charge in [0, 0.05) is 30.1 Å². The molecular weight excluding hydrogens is 283 g/mol. The molecule has 0 spiro atoms. The van der Waals surface area contributed by atoms with Crippen molar-refractivity contribution in [2.75, 3.05) is 0 Å². The first-order chi connectivity index (χ1) is 10.5. The van der Waals surface area contributed by atoms with E-state index < -0.39 is 11.7 Å². The summed E-state index contributed by atoms with van der Waals surface area (Å²) in [6, 6.07) is 6.46.